The van der Waals surface area contributed by atoms with Crippen molar-refractivity contribution in [2.24, 2.45) is 0 Å². The maximum absolute atomic E-state index is 10.4. The number of carbonyl (C=O) groups is 1. The Morgan fingerprint density at radius 2 is 2.25 bits per heavy atom. The third-order valence-electron chi connectivity index (χ3n) is 2.69. The van der Waals surface area contributed by atoms with E-state index < -0.39 is 5.97 Å². The molecule has 3 heteroatoms. The molecule has 1 atom stereocenters. The summed E-state index contributed by atoms with van der Waals surface area (Å²) in [6.07, 6.45) is 1.85. The second kappa shape index (κ2) is 6.16. The van der Waals surface area contributed by atoms with E-state index >= 15 is 0 Å². The topological polar surface area (TPSA) is 46.5 Å². The minimum Gasteiger partial charge on any atom is -0.497 e. The monoisotopic (exact) mass is 222 g/mol. The van der Waals surface area contributed by atoms with Crippen molar-refractivity contribution >= 4 is 5.97 Å². The van der Waals surface area contributed by atoms with E-state index in [0.717, 1.165) is 12.2 Å². The van der Waals surface area contributed by atoms with E-state index in [4.69, 9.17) is 9.84 Å². The van der Waals surface area contributed by atoms with Crippen LogP contribution in [0.15, 0.2) is 24.3 Å². The van der Waals surface area contributed by atoms with Crippen molar-refractivity contribution in [3.05, 3.63) is 29.8 Å². The molecule has 1 N–H and O–H groups in total. The van der Waals surface area contributed by atoms with Gasteiger partial charge in [0.2, 0.25) is 0 Å². The number of carboxylic acids is 1. The highest BCUT2D eigenvalue weighted by molar-refractivity contribution is 5.66. The Balaban J connectivity index is 2.51. The highest BCUT2D eigenvalue weighted by atomic mass is 16.5. The number of methoxy groups -OCH3 is 1. The van der Waals surface area contributed by atoms with Crippen LogP contribution in [0.5, 0.6) is 5.75 Å². The van der Waals surface area contributed by atoms with Gasteiger partial charge in [0.05, 0.1) is 7.11 Å². The van der Waals surface area contributed by atoms with Crippen LogP contribution in [0.4, 0.5) is 0 Å². The van der Waals surface area contributed by atoms with E-state index in [2.05, 4.69) is 6.92 Å². The second-order valence-electron chi connectivity index (χ2n) is 3.96. The van der Waals surface area contributed by atoms with Crippen molar-refractivity contribution in [2.45, 2.75) is 32.1 Å². The molecule has 0 aromatic heterocycles. The summed E-state index contributed by atoms with van der Waals surface area (Å²) in [5.74, 6) is 0.495. The number of rotatable bonds is 6. The zero-order valence-corrected chi connectivity index (χ0v) is 9.77. The fourth-order valence-electron chi connectivity index (χ4n) is 1.67. The van der Waals surface area contributed by atoms with Crippen LogP contribution >= 0.6 is 0 Å². The van der Waals surface area contributed by atoms with Gasteiger partial charge in [0, 0.05) is 6.42 Å². The van der Waals surface area contributed by atoms with Crippen LogP contribution in [-0.4, -0.2) is 18.2 Å². The van der Waals surface area contributed by atoms with Gasteiger partial charge in [-0.3, -0.25) is 4.79 Å². The van der Waals surface area contributed by atoms with Crippen LogP contribution in [0.25, 0.3) is 0 Å². The molecular weight excluding hydrogens is 204 g/mol. The summed E-state index contributed by atoms with van der Waals surface area (Å²) in [5, 5.41) is 8.56. The van der Waals surface area contributed by atoms with E-state index in [1.165, 1.54) is 5.56 Å². The Labute approximate surface area is 96.1 Å². The summed E-state index contributed by atoms with van der Waals surface area (Å²) in [7, 11) is 1.65. The number of aliphatic carboxylic acids is 1. The smallest absolute Gasteiger partial charge is 0.303 e. The first-order valence-electron chi connectivity index (χ1n) is 5.49. The van der Waals surface area contributed by atoms with Crippen LogP contribution in [0.2, 0.25) is 0 Å². The molecule has 0 radical (unpaired) electrons. The molecule has 0 saturated carbocycles. The standard InChI is InChI=1S/C13H18O3/c1-10(5-3-8-13(14)15)11-6-4-7-12(9-11)16-2/h4,6-7,9-10H,3,5,8H2,1-2H3,(H,14,15)/t10-/m0/s1. The normalized spacial score (nSPS) is 12.1. The average Bonchev–Trinajstić information content (AvgIpc) is 2.28. The van der Waals surface area contributed by atoms with Gasteiger partial charge in [-0.25, -0.2) is 0 Å². The fourth-order valence-corrected chi connectivity index (χ4v) is 1.67. The van der Waals surface area contributed by atoms with Crippen molar-refractivity contribution in [1.29, 1.82) is 0 Å². The van der Waals surface area contributed by atoms with Gasteiger partial charge in [-0.15, -0.1) is 0 Å². The molecule has 0 amide bonds. The van der Waals surface area contributed by atoms with Crippen molar-refractivity contribution < 1.29 is 14.6 Å². The summed E-state index contributed by atoms with van der Waals surface area (Å²) < 4.78 is 5.15. The third kappa shape index (κ3) is 3.93. The maximum Gasteiger partial charge on any atom is 0.303 e. The Kier molecular flexibility index (Phi) is 4.83. The van der Waals surface area contributed by atoms with Gasteiger partial charge in [-0.1, -0.05) is 19.1 Å². The molecule has 1 rings (SSSR count). The van der Waals surface area contributed by atoms with Gasteiger partial charge in [-0.05, 0) is 36.5 Å². The number of hydrogen-bond acceptors (Lipinski definition) is 2. The third-order valence-corrected chi connectivity index (χ3v) is 2.69. The average molecular weight is 222 g/mol. The van der Waals surface area contributed by atoms with E-state index in [1.54, 1.807) is 7.11 Å². The number of hydrogen-bond donors (Lipinski definition) is 1. The molecule has 0 saturated heterocycles. The van der Waals surface area contributed by atoms with E-state index in [-0.39, 0.29) is 6.42 Å². The molecule has 88 valence electrons. The summed E-state index contributed by atoms with van der Waals surface area (Å²) in [5.41, 5.74) is 1.20. The number of carboxylic acid groups (broad SMARTS) is 1. The van der Waals surface area contributed by atoms with E-state index in [0.29, 0.717) is 12.3 Å². The molecule has 16 heavy (non-hydrogen) atoms. The van der Waals surface area contributed by atoms with Gasteiger partial charge in [-0.2, -0.15) is 0 Å². The molecule has 3 nitrogen and oxygen atoms in total. The minimum absolute atomic E-state index is 0.244. The zero-order chi connectivity index (χ0) is 12.0. The van der Waals surface area contributed by atoms with Gasteiger partial charge < -0.3 is 9.84 Å². The molecule has 0 aliphatic heterocycles. The lowest BCUT2D eigenvalue weighted by Gasteiger charge is -2.12. The zero-order valence-electron chi connectivity index (χ0n) is 9.77. The lowest BCUT2D eigenvalue weighted by molar-refractivity contribution is -0.137. The van der Waals surface area contributed by atoms with Gasteiger partial charge >= 0.3 is 5.97 Å². The van der Waals surface area contributed by atoms with Crippen molar-refractivity contribution in [3.63, 3.8) is 0 Å². The minimum atomic E-state index is -0.724. The van der Waals surface area contributed by atoms with Gasteiger partial charge in [0.15, 0.2) is 0 Å². The molecule has 0 bridgehead atoms. The Morgan fingerprint density at radius 3 is 2.88 bits per heavy atom. The lowest BCUT2D eigenvalue weighted by atomic mass is 9.95. The Hall–Kier alpha value is -1.51. The lowest BCUT2D eigenvalue weighted by Crippen LogP contribution is -1.98. The first-order chi connectivity index (χ1) is 7.63. The largest absolute Gasteiger partial charge is 0.497 e. The van der Waals surface area contributed by atoms with Crippen LogP contribution in [0.1, 0.15) is 37.7 Å². The first-order valence-corrected chi connectivity index (χ1v) is 5.49. The molecule has 0 aliphatic rings. The van der Waals surface area contributed by atoms with E-state index in [1.807, 2.05) is 24.3 Å². The molecule has 0 unspecified atom stereocenters. The van der Waals surface area contributed by atoms with Crippen molar-refractivity contribution in [3.8, 4) is 5.75 Å². The molecule has 1 aromatic rings. The summed E-state index contributed by atoms with van der Waals surface area (Å²) >= 11 is 0. The van der Waals surface area contributed by atoms with Gasteiger partial charge in [0.25, 0.3) is 0 Å². The molecule has 0 fully saturated rings. The number of ether oxygens (including phenoxy) is 1. The molecular formula is C13H18O3. The first kappa shape index (κ1) is 12.6. The summed E-state index contributed by atoms with van der Waals surface area (Å²) in [6.45, 7) is 2.11. The van der Waals surface area contributed by atoms with Crippen LogP contribution in [-0.2, 0) is 4.79 Å². The predicted octanol–water partition coefficient (Wildman–Crippen LogP) is 3.05. The summed E-state index contributed by atoms with van der Waals surface area (Å²) in [6, 6.07) is 7.93. The Morgan fingerprint density at radius 1 is 1.50 bits per heavy atom. The quantitative estimate of drug-likeness (QED) is 0.804. The van der Waals surface area contributed by atoms with Crippen molar-refractivity contribution in [2.75, 3.05) is 7.11 Å². The second-order valence-corrected chi connectivity index (χ2v) is 3.96. The summed E-state index contributed by atoms with van der Waals surface area (Å²) in [4.78, 5) is 10.4. The van der Waals surface area contributed by atoms with Crippen LogP contribution in [0, 0.1) is 0 Å². The molecule has 0 aliphatic carbocycles. The van der Waals surface area contributed by atoms with Crippen molar-refractivity contribution in [1.82, 2.24) is 0 Å². The van der Waals surface area contributed by atoms with Crippen LogP contribution in [0.3, 0.4) is 0 Å². The molecule has 0 spiro atoms. The van der Waals surface area contributed by atoms with Gasteiger partial charge in [0.1, 0.15) is 5.75 Å². The number of benzene rings is 1. The molecule has 1 aromatic carbocycles. The fraction of sp³-hybridized carbons (Fsp3) is 0.462. The molecule has 0 heterocycles. The Bertz CT molecular complexity index is 347. The highest BCUT2D eigenvalue weighted by Crippen LogP contribution is 2.24. The predicted molar refractivity (Wildman–Crippen MR) is 62.9 cm³/mol. The SMILES string of the molecule is COc1cccc([C@@H](C)CCCC(=O)O)c1. The maximum atomic E-state index is 10.4. The van der Waals surface area contributed by atoms with Crippen LogP contribution < -0.4 is 4.74 Å². The van der Waals surface area contributed by atoms with E-state index in [9.17, 15) is 4.79 Å². The highest BCUT2D eigenvalue weighted by Gasteiger charge is 2.07.